The van der Waals surface area contributed by atoms with Gasteiger partial charge in [0.05, 0.1) is 15.9 Å². The number of nitro benzene ring substituents is 2. The van der Waals surface area contributed by atoms with Crippen LogP contribution in [-0.2, 0) is 6.54 Å². The van der Waals surface area contributed by atoms with Crippen molar-refractivity contribution in [2.45, 2.75) is 25.4 Å². The molecule has 1 aliphatic rings. The SMILES string of the molecule is CNCC1CCCN1Cc1ccc([N+](=O)[O-])cc1[N+](=O)[O-]. The van der Waals surface area contributed by atoms with E-state index in [1.807, 2.05) is 7.05 Å². The first-order chi connectivity index (χ1) is 10.0. The molecule has 0 radical (unpaired) electrons. The first-order valence-electron chi connectivity index (χ1n) is 6.83. The molecule has 2 rings (SSSR count). The Balaban J connectivity index is 2.23. The van der Waals surface area contributed by atoms with Gasteiger partial charge in [0.2, 0.25) is 0 Å². The fourth-order valence-electron chi connectivity index (χ4n) is 2.76. The lowest BCUT2D eigenvalue weighted by Gasteiger charge is -2.24. The molecule has 1 saturated heterocycles. The number of rotatable bonds is 6. The number of nitro groups is 2. The summed E-state index contributed by atoms with van der Waals surface area (Å²) >= 11 is 0. The van der Waals surface area contributed by atoms with E-state index in [0.717, 1.165) is 32.0 Å². The van der Waals surface area contributed by atoms with Crippen LogP contribution in [0, 0.1) is 20.2 Å². The van der Waals surface area contributed by atoms with Crippen LogP contribution in [0.2, 0.25) is 0 Å². The smallest absolute Gasteiger partial charge is 0.280 e. The van der Waals surface area contributed by atoms with E-state index in [1.54, 1.807) is 0 Å². The van der Waals surface area contributed by atoms with Crippen LogP contribution in [0.3, 0.4) is 0 Å². The predicted molar refractivity (Wildman–Crippen MR) is 77.1 cm³/mol. The van der Waals surface area contributed by atoms with Gasteiger partial charge in [0.1, 0.15) is 0 Å². The van der Waals surface area contributed by atoms with Crippen LogP contribution in [-0.4, -0.2) is 40.9 Å². The van der Waals surface area contributed by atoms with E-state index in [2.05, 4.69) is 10.2 Å². The molecule has 8 nitrogen and oxygen atoms in total. The molecule has 8 heteroatoms. The largest absolute Gasteiger partial charge is 0.318 e. The molecular weight excluding hydrogens is 276 g/mol. The van der Waals surface area contributed by atoms with Crippen LogP contribution in [0.5, 0.6) is 0 Å². The summed E-state index contributed by atoms with van der Waals surface area (Å²) in [5.41, 5.74) is 0.0894. The Kier molecular flexibility index (Phi) is 4.81. The molecule has 1 aromatic rings. The quantitative estimate of drug-likeness (QED) is 0.632. The zero-order chi connectivity index (χ0) is 15.4. The molecule has 0 saturated carbocycles. The van der Waals surface area contributed by atoms with Gasteiger partial charge in [0, 0.05) is 30.8 Å². The molecular formula is C13H18N4O4. The predicted octanol–water partition coefficient (Wildman–Crippen LogP) is 1.69. The standard InChI is InChI=1S/C13H18N4O4/c1-14-8-12-3-2-6-15(12)9-10-4-5-11(16(18)19)7-13(10)17(20)21/h4-5,7,12,14H,2-3,6,8-9H2,1H3. The number of benzene rings is 1. The molecule has 1 atom stereocenters. The highest BCUT2D eigenvalue weighted by Crippen LogP contribution is 2.28. The van der Waals surface area contributed by atoms with Crippen molar-refractivity contribution in [1.82, 2.24) is 10.2 Å². The zero-order valence-corrected chi connectivity index (χ0v) is 11.8. The molecule has 1 unspecified atom stereocenters. The highest BCUT2D eigenvalue weighted by molar-refractivity contribution is 5.49. The van der Waals surface area contributed by atoms with Crippen LogP contribution in [0.25, 0.3) is 0 Å². The Bertz CT molecular complexity index is 549. The van der Waals surface area contributed by atoms with Crippen molar-refractivity contribution in [3.05, 3.63) is 44.0 Å². The van der Waals surface area contributed by atoms with Crippen LogP contribution < -0.4 is 5.32 Å². The fourth-order valence-corrected chi connectivity index (χ4v) is 2.76. The lowest BCUT2D eigenvalue weighted by molar-refractivity contribution is -0.394. The van der Waals surface area contributed by atoms with Gasteiger partial charge in [-0.3, -0.25) is 25.1 Å². The third-order valence-electron chi connectivity index (χ3n) is 3.79. The minimum Gasteiger partial charge on any atom is -0.318 e. The summed E-state index contributed by atoms with van der Waals surface area (Å²) in [5.74, 6) is 0. The lowest BCUT2D eigenvalue weighted by Crippen LogP contribution is -2.36. The van der Waals surface area contributed by atoms with Gasteiger partial charge in [-0.2, -0.15) is 0 Å². The second kappa shape index (κ2) is 6.59. The minimum atomic E-state index is -0.615. The summed E-state index contributed by atoms with van der Waals surface area (Å²) < 4.78 is 0. The molecule has 21 heavy (non-hydrogen) atoms. The third-order valence-corrected chi connectivity index (χ3v) is 3.79. The van der Waals surface area contributed by atoms with Gasteiger partial charge in [-0.1, -0.05) is 0 Å². The molecule has 1 aliphatic heterocycles. The first kappa shape index (κ1) is 15.3. The number of nitrogens with zero attached hydrogens (tertiary/aromatic N) is 3. The van der Waals surface area contributed by atoms with Crippen molar-refractivity contribution in [3.63, 3.8) is 0 Å². The van der Waals surface area contributed by atoms with Crippen molar-refractivity contribution >= 4 is 11.4 Å². The van der Waals surface area contributed by atoms with Gasteiger partial charge < -0.3 is 5.32 Å². The van der Waals surface area contributed by atoms with Crippen LogP contribution in [0.1, 0.15) is 18.4 Å². The topological polar surface area (TPSA) is 102 Å². The second-order valence-corrected chi connectivity index (χ2v) is 5.15. The summed E-state index contributed by atoms with van der Waals surface area (Å²) in [6.45, 7) is 2.17. The number of hydrogen-bond acceptors (Lipinski definition) is 6. The number of nitrogens with one attached hydrogen (secondary N) is 1. The monoisotopic (exact) mass is 294 g/mol. The van der Waals surface area contributed by atoms with E-state index in [-0.39, 0.29) is 11.4 Å². The molecule has 1 N–H and O–H groups in total. The maximum absolute atomic E-state index is 11.1. The van der Waals surface area contributed by atoms with E-state index in [4.69, 9.17) is 0 Å². The third kappa shape index (κ3) is 3.53. The van der Waals surface area contributed by atoms with Crippen molar-refractivity contribution < 1.29 is 9.85 Å². The molecule has 0 spiro atoms. The lowest BCUT2D eigenvalue weighted by atomic mass is 10.1. The van der Waals surface area contributed by atoms with E-state index in [0.29, 0.717) is 18.2 Å². The van der Waals surface area contributed by atoms with E-state index in [9.17, 15) is 20.2 Å². The summed E-state index contributed by atoms with van der Waals surface area (Å²) in [4.78, 5) is 22.9. The van der Waals surface area contributed by atoms with Crippen LogP contribution in [0.15, 0.2) is 18.2 Å². The summed E-state index contributed by atoms with van der Waals surface area (Å²) in [7, 11) is 1.88. The highest BCUT2D eigenvalue weighted by atomic mass is 16.6. The average molecular weight is 294 g/mol. The first-order valence-corrected chi connectivity index (χ1v) is 6.83. The van der Waals surface area contributed by atoms with Gasteiger partial charge in [-0.15, -0.1) is 0 Å². The maximum Gasteiger partial charge on any atom is 0.280 e. The van der Waals surface area contributed by atoms with Gasteiger partial charge in [0.15, 0.2) is 0 Å². The molecule has 0 aliphatic carbocycles. The van der Waals surface area contributed by atoms with Crippen molar-refractivity contribution in [1.29, 1.82) is 0 Å². The molecule has 1 heterocycles. The van der Waals surface area contributed by atoms with Crippen LogP contribution >= 0.6 is 0 Å². The van der Waals surface area contributed by atoms with Gasteiger partial charge in [0.25, 0.3) is 11.4 Å². The Labute approximate surface area is 122 Å². The molecule has 0 aromatic heterocycles. The van der Waals surface area contributed by atoms with Gasteiger partial charge in [-0.05, 0) is 32.5 Å². The molecule has 0 bridgehead atoms. The minimum absolute atomic E-state index is 0.181. The fraction of sp³-hybridized carbons (Fsp3) is 0.538. The van der Waals surface area contributed by atoms with Crippen molar-refractivity contribution in [2.24, 2.45) is 0 Å². The Morgan fingerprint density at radius 2 is 2.10 bits per heavy atom. The van der Waals surface area contributed by atoms with Crippen molar-refractivity contribution in [3.8, 4) is 0 Å². The zero-order valence-electron chi connectivity index (χ0n) is 11.8. The number of non-ortho nitro benzene ring substituents is 1. The Morgan fingerprint density at radius 1 is 1.33 bits per heavy atom. The Hall–Kier alpha value is -2.06. The van der Waals surface area contributed by atoms with E-state index in [1.165, 1.54) is 12.1 Å². The number of likely N-dealkylation sites (N-methyl/N-ethyl adjacent to an activating group) is 1. The average Bonchev–Trinajstić information content (AvgIpc) is 2.86. The van der Waals surface area contributed by atoms with Crippen LogP contribution in [0.4, 0.5) is 11.4 Å². The second-order valence-electron chi connectivity index (χ2n) is 5.15. The maximum atomic E-state index is 11.1. The van der Waals surface area contributed by atoms with E-state index >= 15 is 0 Å². The summed E-state index contributed by atoms with van der Waals surface area (Å²) in [6.07, 6.45) is 2.12. The molecule has 1 aromatic carbocycles. The molecule has 0 amide bonds. The van der Waals surface area contributed by atoms with Gasteiger partial charge >= 0.3 is 0 Å². The molecule has 1 fully saturated rings. The Morgan fingerprint density at radius 3 is 2.71 bits per heavy atom. The van der Waals surface area contributed by atoms with E-state index < -0.39 is 9.85 Å². The molecule has 114 valence electrons. The normalized spacial score (nSPS) is 18.8. The number of likely N-dealkylation sites (tertiary alicyclic amines) is 1. The van der Waals surface area contributed by atoms with Gasteiger partial charge in [-0.25, -0.2) is 0 Å². The number of hydrogen-bond donors (Lipinski definition) is 1. The summed E-state index contributed by atoms with van der Waals surface area (Å²) in [6, 6.07) is 4.21. The summed E-state index contributed by atoms with van der Waals surface area (Å²) in [5, 5.41) is 25.0. The highest BCUT2D eigenvalue weighted by Gasteiger charge is 2.27. The van der Waals surface area contributed by atoms with Crippen molar-refractivity contribution in [2.75, 3.05) is 20.1 Å².